The Morgan fingerprint density at radius 3 is 2.40 bits per heavy atom. The van der Waals surface area contributed by atoms with Gasteiger partial charge in [-0.2, -0.15) is 0 Å². The average Bonchev–Trinajstić information content (AvgIpc) is 2.40. The molecule has 0 bridgehead atoms. The summed E-state index contributed by atoms with van der Waals surface area (Å²) in [6, 6.07) is 0. The fourth-order valence-electron chi connectivity index (χ4n) is 1.08. The predicted octanol–water partition coefficient (Wildman–Crippen LogP) is 0.204. The zero-order chi connectivity index (χ0) is 15.4. The van der Waals surface area contributed by atoms with Crippen LogP contribution in [0.1, 0.15) is 20.3 Å². The molecule has 0 aromatic carbocycles. The van der Waals surface area contributed by atoms with E-state index in [2.05, 4.69) is 6.58 Å². The highest BCUT2D eigenvalue weighted by Crippen LogP contribution is 2.13. The summed E-state index contributed by atoms with van der Waals surface area (Å²) in [7, 11) is 0. The Bertz CT molecular complexity index is 292. The van der Waals surface area contributed by atoms with E-state index in [-0.39, 0.29) is 45.2 Å². The lowest BCUT2D eigenvalue weighted by atomic mass is 10.3. The molecule has 0 aliphatic rings. The number of aliphatic hydroxyl groups excluding tert-OH is 1. The topological polar surface area (TPSA) is 94.5 Å². The van der Waals surface area contributed by atoms with Crippen LogP contribution < -0.4 is 0 Å². The Morgan fingerprint density at radius 1 is 1.20 bits per heavy atom. The molecule has 0 aromatic heterocycles. The molecule has 0 saturated heterocycles. The highest BCUT2D eigenvalue weighted by atomic mass is 16.8. The summed E-state index contributed by atoms with van der Waals surface area (Å²) in [6.45, 7) is 7.18. The first kappa shape index (κ1) is 19.0. The van der Waals surface area contributed by atoms with E-state index in [1.54, 1.807) is 0 Å². The Morgan fingerprint density at radius 2 is 1.85 bits per heavy atom. The summed E-state index contributed by atoms with van der Waals surface area (Å²) in [5.74, 6) is -2.90. The van der Waals surface area contributed by atoms with Crippen molar-refractivity contribution in [2.45, 2.75) is 26.2 Å². The lowest BCUT2D eigenvalue weighted by Gasteiger charge is -2.27. The van der Waals surface area contributed by atoms with E-state index in [0.717, 1.165) is 0 Å². The van der Waals surface area contributed by atoms with Crippen LogP contribution in [0.4, 0.5) is 0 Å². The summed E-state index contributed by atoms with van der Waals surface area (Å²) in [5, 5.41) is 18.6. The average molecular weight is 292 g/mol. The fraction of sp³-hybridized carbons (Fsp3) is 0.769. The van der Waals surface area contributed by atoms with Crippen LogP contribution in [-0.2, 0) is 23.7 Å². The van der Waals surface area contributed by atoms with Gasteiger partial charge in [-0.15, -0.1) is 0 Å². The molecule has 0 amide bonds. The third-order valence-corrected chi connectivity index (χ3v) is 2.02. The molecule has 0 fully saturated rings. The maximum Gasteiger partial charge on any atom is 0.351 e. The second-order valence-corrected chi connectivity index (χ2v) is 4.12. The second-order valence-electron chi connectivity index (χ2n) is 4.12. The minimum Gasteiger partial charge on any atom is -0.402 e. The van der Waals surface area contributed by atoms with Crippen LogP contribution in [0.2, 0.25) is 0 Å². The number of hydrogen-bond acceptors (Lipinski definition) is 7. The molecule has 1 atom stereocenters. The van der Waals surface area contributed by atoms with Crippen molar-refractivity contribution in [1.29, 1.82) is 0 Å². The van der Waals surface area contributed by atoms with Crippen molar-refractivity contribution in [3.63, 3.8) is 0 Å². The van der Waals surface area contributed by atoms with Gasteiger partial charge < -0.3 is 29.2 Å². The van der Waals surface area contributed by atoms with Crippen molar-refractivity contribution in [2.24, 2.45) is 0 Å². The van der Waals surface area contributed by atoms with E-state index >= 15 is 0 Å². The number of esters is 1. The van der Waals surface area contributed by atoms with Gasteiger partial charge in [0, 0.05) is 5.57 Å². The van der Waals surface area contributed by atoms with Crippen molar-refractivity contribution >= 4 is 5.97 Å². The van der Waals surface area contributed by atoms with Crippen molar-refractivity contribution in [3.8, 4) is 0 Å². The van der Waals surface area contributed by atoms with Crippen LogP contribution in [0.3, 0.4) is 0 Å². The van der Waals surface area contributed by atoms with Crippen molar-refractivity contribution in [1.82, 2.24) is 0 Å². The molecular formula is C13H24O7. The summed E-state index contributed by atoms with van der Waals surface area (Å²) < 4.78 is 20.0. The number of aliphatic hydroxyl groups is 2. The third kappa shape index (κ3) is 9.00. The number of hydrogen-bond donors (Lipinski definition) is 2. The van der Waals surface area contributed by atoms with Crippen molar-refractivity contribution in [3.05, 3.63) is 12.2 Å². The van der Waals surface area contributed by atoms with E-state index in [0.29, 0.717) is 6.42 Å². The lowest BCUT2D eigenvalue weighted by molar-refractivity contribution is -0.357. The van der Waals surface area contributed by atoms with Crippen LogP contribution >= 0.6 is 0 Å². The van der Waals surface area contributed by atoms with Gasteiger partial charge in [-0.05, 0) is 13.3 Å². The number of carbonyl (C=O) groups excluding carboxylic acids is 1. The summed E-state index contributed by atoms with van der Waals surface area (Å²) in [5.41, 5.74) is 0.148. The highest BCUT2D eigenvalue weighted by Gasteiger charge is 2.33. The maximum absolute atomic E-state index is 11.4. The molecule has 2 N–H and O–H groups in total. The van der Waals surface area contributed by atoms with Gasteiger partial charge in [-0.25, -0.2) is 4.79 Å². The largest absolute Gasteiger partial charge is 0.402 e. The molecule has 0 aromatic rings. The first-order valence-corrected chi connectivity index (χ1v) is 6.46. The second kappa shape index (κ2) is 10.8. The molecule has 20 heavy (non-hydrogen) atoms. The molecule has 0 aliphatic carbocycles. The predicted molar refractivity (Wildman–Crippen MR) is 70.8 cm³/mol. The van der Waals surface area contributed by atoms with Gasteiger partial charge in [0.05, 0.1) is 33.0 Å². The van der Waals surface area contributed by atoms with Crippen LogP contribution in [0.15, 0.2) is 12.2 Å². The minimum absolute atomic E-state index is 0.0697. The molecular weight excluding hydrogens is 268 g/mol. The smallest absolute Gasteiger partial charge is 0.351 e. The Kier molecular flexibility index (Phi) is 10.2. The molecule has 0 radical (unpaired) electrons. The van der Waals surface area contributed by atoms with Crippen LogP contribution in [0, 0.1) is 0 Å². The van der Waals surface area contributed by atoms with E-state index in [4.69, 9.17) is 24.1 Å². The van der Waals surface area contributed by atoms with Gasteiger partial charge in [0.15, 0.2) is 0 Å². The molecule has 1 unspecified atom stereocenters. The standard InChI is InChI=1S/C13H24O7/c1-4-6-19-13(16,20-12(15)11(2)3)10-18-9-8-17-7-5-14/h14,16H,2,4-10H2,1,3H3. The normalized spacial score (nSPS) is 13.8. The number of ether oxygens (including phenoxy) is 4. The maximum atomic E-state index is 11.4. The Balaban J connectivity index is 4.18. The lowest BCUT2D eigenvalue weighted by Crippen LogP contribution is -2.43. The number of rotatable bonds is 12. The van der Waals surface area contributed by atoms with Crippen LogP contribution in [0.25, 0.3) is 0 Å². The minimum atomic E-state index is -2.14. The third-order valence-electron chi connectivity index (χ3n) is 2.02. The quantitative estimate of drug-likeness (QED) is 0.230. The molecule has 0 aliphatic heterocycles. The molecule has 0 heterocycles. The molecule has 0 saturated carbocycles. The highest BCUT2D eigenvalue weighted by molar-refractivity contribution is 5.87. The zero-order valence-corrected chi connectivity index (χ0v) is 12.1. The van der Waals surface area contributed by atoms with E-state index in [1.807, 2.05) is 6.92 Å². The first-order valence-electron chi connectivity index (χ1n) is 6.46. The van der Waals surface area contributed by atoms with E-state index < -0.39 is 11.9 Å². The molecule has 7 heteroatoms. The van der Waals surface area contributed by atoms with Gasteiger partial charge in [-0.1, -0.05) is 13.5 Å². The molecule has 7 nitrogen and oxygen atoms in total. The Hall–Kier alpha value is -0.990. The Labute approximate surface area is 119 Å². The van der Waals surface area contributed by atoms with E-state index in [9.17, 15) is 9.90 Å². The monoisotopic (exact) mass is 292 g/mol. The SMILES string of the molecule is C=C(C)C(=O)OC(O)(COCCOCCO)OCCC. The van der Waals surface area contributed by atoms with Gasteiger partial charge in [0.2, 0.25) is 0 Å². The van der Waals surface area contributed by atoms with E-state index in [1.165, 1.54) is 6.92 Å². The number of carbonyl (C=O) groups is 1. The molecule has 0 rings (SSSR count). The van der Waals surface area contributed by atoms with Crippen molar-refractivity contribution < 1.29 is 34.0 Å². The fourth-order valence-corrected chi connectivity index (χ4v) is 1.08. The van der Waals surface area contributed by atoms with Crippen LogP contribution in [-0.4, -0.2) is 61.8 Å². The summed E-state index contributed by atoms with van der Waals surface area (Å²) >= 11 is 0. The van der Waals surface area contributed by atoms with Gasteiger partial charge in [0.1, 0.15) is 6.61 Å². The summed E-state index contributed by atoms with van der Waals surface area (Å²) in [4.78, 5) is 11.4. The zero-order valence-electron chi connectivity index (χ0n) is 12.1. The molecule has 0 spiro atoms. The van der Waals surface area contributed by atoms with Crippen molar-refractivity contribution in [2.75, 3.05) is 39.6 Å². The van der Waals surface area contributed by atoms with Gasteiger partial charge in [0.25, 0.3) is 0 Å². The van der Waals surface area contributed by atoms with Crippen LogP contribution in [0.5, 0.6) is 0 Å². The van der Waals surface area contributed by atoms with Gasteiger partial charge >= 0.3 is 11.9 Å². The van der Waals surface area contributed by atoms with Gasteiger partial charge in [-0.3, -0.25) is 0 Å². The summed E-state index contributed by atoms with van der Waals surface area (Å²) in [6.07, 6.45) is 0.645. The first-order chi connectivity index (χ1) is 9.45. The molecule has 118 valence electrons.